The van der Waals surface area contributed by atoms with Crippen LogP contribution in [0.25, 0.3) is 0 Å². The van der Waals surface area contributed by atoms with Crippen molar-refractivity contribution >= 4 is 31.9 Å². The Morgan fingerprint density at radius 3 is 2.47 bits per heavy atom. The second kappa shape index (κ2) is 6.39. The molecule has 2 nitrogen and oxygen atoms in total. The Balaban J connectivity index is 2.05. The highest BCUT2D eigenvalue weighted by Gasteiger charge is 2.04. The van der Waals surface area contributed by atoms with Gasteiger partial charge in [-0.15, -0.1) is 0 Å². The summed E-state index contributed by atoms with van der Waals surface area (Å²) in [5.41, 5.74) is 0.969. The Labute approximate surface area is 127 Å². The lowest BCUT2D eigenvalue weighted by Crippen LogP contribution is -1.96. The van der Waals surface area contributed by atoms with Crippen LogP contribution in [-0.2, 0) is 6.61 Å². The van der Waals surface area contributed by atoms with Crippen LogP contribution in [0, 0.1) is 5.82 Å². The molecular weight excluding hydrogens is 379 g/mol. The molecule has 0 aliphatic carbocycles. The number of hydrogen-bond acceptors (Lipinski definition) is 2. The minimum absolute atomic E-state index is 0.339. The van der Waals surface area contributed by atoms with Crippen molar-refractivity contribution in [1.29, 1.82) is 0 Å². The summed E-state index contributed by atoms with van der Waals surface area (Å²) < 4.78 is 25.3. The maximum atomic E-state index is 13.3. The van der Waals surface area contributed by atoms with Crippen molar-refractivity contribution in [2.45, 2.75) is 6.61 Å². The zero-order valence-electron chi connectivity index (χ0n) is 10.1. The van der Waals surface area contributed by atoms with Crippen LogP contribution < -0.4 is 9.47 Å². The Bertz CT molecular complexity index is 588. The summed E-state index contributed by atoms with van der Waals surface area (Å²) in [6.07, 6.45) is 0. The van der Waals surface area contributed by atoms with Gasteiger partial charge in [0.1, 0.15) is 23.9 Å². The maximum absolute atomic E-state index is 13.3. The van der Waals surface area contributed by atoms with Gasteiger partial charge in [-0.1, -0.05) is 6.07 Å². The van der Waals surface area contributed by atoms with Crippen molar-refractivity contribution < 1.29 is 13.9 Å². The van der Waals surface area contributed by atoms with E-state index < -0.39 is 0 Å². The lowest BCUT2D eigenvalue weighted by molar-refractivity contribution is 0.304. The minimum Gasteiger partial charge on any atom is -0.496 e. The van der Waals surface area contributed by atoms with Crippen molar-refractivity contribution in [2.75, 3.05) is 7.11 Å². The topological polar surface area (TPSA) is 18.5 Å². The fourth-order valence-electron chi connectivity index (χ4n) is 1.53. The zero-order valence-corrected chi connectivity index (χ0v) is 13.3. The van der Waals surface area contributed by atoms with Crippen LogP contribution in [0.1, 0.15) is 5.56 Å². The van der Waals surface area contributed by atoms with E-state index in [1.807, 2.05) is 18.2 Å². The smallest absolute Gasteiger partial charge is 0.141 e. The third kappa shape index (κ3) is 3.70. The van der Waals surface area contributed by atoms with Crippen LogP contribution in [0.2, 0.25) is 0 Å². The van der Waals surface area contributed by atoms with E-state index in [2.05, 4.69) is 31.9 Å². The van der Waals surface area contributed by atoms with Gasteiger partial charge in [-0.05, 0) is 61.7 Å². The molecule has 0 heterocycles. The third-order valence-electron chi connectivity index (χ3n) is 2.51. The van der Waals surface area contributed by atoms with Crippen molar-refractivity contribution in [3.8, 4) is 11.5 Å². The number of benzene rings is 2. The summed E-state index contributed by atoms with van der Waals surface area (Å²) in [4.78, 5) is 0. The first-order valence-electron chi connectivity index (χ1n) is 5.50. The van der Waals surface area contributed by atoms with Crippen LogP contribution in [-0.4, -0.2) is 7.11 Å². The normalized spacial score (nSPS) is 10.3. The Kier molecular flexibility index (Phi) is 4.82. The molecule has 0 N–H and O–H groups in total. The van der Waals surface area contributed by atoms with Crippen molar-refractivity contribution in [1.82, 2.24) is 0 Å². The molecule has 0 bridgehead atoms. The fourth-order valence-corrected chi connectivity index (χ4v) is 2.37. The number of methoxy groups -OCH3 is 1. The molecule has 0 aromatic heterocycles. The van der Waals surface area contributed by atoms with Gasteiger partial charge in [0, 0.05) is 6.07 Å². The van der Waals surface area contributed by atoms with E-state index in [0.717, 1.165) is 15.8 Å². The molecule has 0 aliphatic rings. The first kappa shape index (κ1) is 14.3. The second-order valence-corrected chi connectivity index (χ2v) is 5.54. The van der Waals surface area contributed by atoms with Crippen LogP contribution in [0.3, 0.4) is 0 Å². The lowest BCUT2D eigenvalue weighted by atomic mass is 10.2. The zero-order chi connectivity index (χ0) is 13.8. The van der Waals surface area contributed by atoms with Crippen LogP contribution in [0.5, 0.6) is 11.5 Å². The molecule has 0 aliphatic heterocycles. The summed E-state index contributed by atoms with van der Waals surface area (Å²) in [6.45, 7) is 0.365. The quantitative estimate of drug-likeness (QED) is 0.737. The van der Waals surface area contributed by atoms with E-state index in [-0.39, 0.29) is 5.82 Å². The first-order valence-corrected chi connectivity index (χ1v) is 7.09. The summed E-state index contributed by atoms with van der Waals surface area (Å²) in [5.74, 6) is 0.916. The molecule has 0 spiro atoms. The van der Waals surface area contributed by atoms with Crippen molar-refractivity contribution in [3.05, 3.63) is 56.7 Å². The number of ether oxygens (including phenoxy) is 2. The molecule has 5 heteroatoms. The molecule has 0 saturated heterocycles. The average molecular weight is 390 g/mol. The van der Waals surface area contributed by atoms with E-state index in [4.69, 9.17) is 9.47 Å². The van der Waals surface area contributed by atoms with E-state index in [1.54, 1.807) is 19.2 Å². The molecule has 2 aromatic rings. The second-order valence-electron chi connectivity index (χ2n) is 3.83. The standard InChI is InChI=1S/C14H11Br2FO2/c1-18-14-5-2-9(6-12(14)16)8-19-10-3-4-11(15)13(17)7-10/h2-7H,8H2,1H3. The summed E-state index contributed by atoms with van der Waals surface area (Å²) in [5, 5.41) is 0. The molecule has 0 fully saturated rings. The number of rotatable bonds is 4. The monoisotopic (exact) mass is 388 g/mol. The molecule has 100 valence electrons. The summed E-state index contributed by atoms with van der Waals surface area (Å²) >= 11 is 6.51. The highest BCUT2D eigenvalue weighted by atomic mass is 79.9. The van der Waals surface area contributed by atoms with Gasteiger partial charge < -0.3 is 9.47 Å². The molecular formula is C14H11Br2FO2. The van der Waals surface area contributed by atoms with E-state index in [1.165, 1.54) is 6.07 Å². The molecule has 0 atom stereocenters. The van der Waals surface area contributed by atoms with Crippen LogP contribution in [0.15, 0.2) is 45.3 Å². The lowest BCUT2D eigenvalue weighted by Gasteiger charge is -2.09. The van der Waals surface area contributed by atoms with Gasteiger partial charge in [0.05, 0.1) is 16.1 Å². The first-order chi connectivity index (χ1) is 9.10. The minimum atomic E-state index is -0.339. The highest BCUT2D eigenvalue weighted by Crippen LogP contribution is 2.26. The van der Waals surface area contributed by atoms with Gasteiger partial charge in [0.25, 0.3) is 0 Å². The van der Waals surface area contributed by atoms with E-state index in [9.17, 15) is 4.39 Å². The fraction of sp³-hybridized carbons (Fsp3) is 0.143. The molecule has 0 saturated carbocycles. The molecule has 0 radical (unpaired) electrons. The van der Waals surface area contributed by atoms with E-state index in [0.29, 0.717) is 16.8 Å². The Hall–Kier alpha value is -1.07. The molecule has 2 aromatic carbocycles. The molecule has 2 rings (SSSR count). The molecule has 0 amide bonds. The van der Waals surface area contributed by atoms with Gasteiger partial charge in [-0.2, -0.15) is 0 Å². The molecule has 0 unspecified atom stereocenters. The van der Waals surface area contributed by atoms with Crippen molar-refractivity contribution in [2.24, 2.45) is 0 Å². The van der Waals surface area contributed by atoms with Crippen molar-refractivity contribution in [3.63, 3.8) is 0 Å². The van der Waals surface area contributed by atoms with E-state index >= 15 is 0 Å². The van der Waals surface area contributed by atoms with Gasteiger partial charge in [-0.3, -0.25) is 0 Å². The Morgan fingerprint density at radius 1 is 1.05 bits per heavy atom. The van der Waals surface area contributed by atoms with Crippen LogP contribution in [0.4, 0.5) is 4.39 Å². The number of halogens is 3. The molecule has 19 heavy (non-hydrogen) atoms. The maximum Gasteiger partial charge on any atom is 0.141 e. The SMILES string of the molecule is COc1ccc(COc2ccc(Br)c(F)c2)cc1Br. The number of hydrogen-bond donors (Lipinski definition) is 0. The van der Waals surface area contributed by atoms with Gasteiger partial charge >= 0.3 is 0 Å². The predicted molar refractivity (Wildman–Crippen MR) is 79.1 cm³/mol. The van der Waals surface area contributed by atoms with Gasteiger partial charge in [0.15, 0.2) is 0 Å². The summed E-state index contributed by atoms with van der Waals surface area (Å²) in [6, 6.07) is 10.3. The average Bonchev–Trinajstić information content (AvgIpc) is 2.40. The predicted octanol–water partition coefficient (Wildman–Crippen LogP) is 4.94. The largest absolute Gasteiger partial charge is 0.496 e. The van der Waals surface area contributed by atoms with Gasteiger partial charge in [-0.25, -0.2) is 4.39 Å². The summed E-state index contributed by atoms with van der Waals surface area (Å²) in [7, 11) is 1.61. The Morgan fingerprint density at radius 2 is 1.84 bits per heavy atom. The highest BCUT2D eigenvalue weighted by molar-refractivity contribution is 9.10. The van der Waals surface area contributed by atoms with Crippen LogP contribution >= 0.6 is 31.9 Å². The third-order valence-corrected chi connectivity index (χ3v) is 3.78. The van der Waals surface area contributed by atoms with Gasteiger partial charge in [0.2, 0.25) is 0 Å².